The van der Waals surface area contributed by atoms with Crippen molar-refractivity contribution < 1.29 is 4.79 Å². The molecule has 100 valence electrons. The first-order valence-corrected chi connectivity index (χ1v) is 7.24. The number of piperidine rings is 1. The molecule has 19 heavy (non-hydrogen) atoms. The summed E-state index contributed by atoms with van der Waals surface area (Å²) in [6.07, 6.45) is 7.30. The quantitative estimate of drug-likeness (QED) is 0.667. The summed E-state index contributed by atoms with van der Waals surface area (Å²) in [4.78, 5) is 14.8. The highest BCUT2D eigenvalue weighted by molar-refractivity contribution is 5.41. The summed E-state index contributed by atoms with van der Waals surface area (Å²) < 4.78 is 0. The average Bonchev–Trinajstić information content (AvgIpc) is 2.44. The molecule has 3 heteroatoms. The van der Waals surface area contributed by atoms with Crippen molar-refractivity contribution in [2.24, 2.45) is 4.99 Å². The second kappa shape index (κ2) is 5.28. The molecule has 0 bridgehead atoms. The third-order valence-corrected chi connectivity index (χ3v) is 4.67. The fraction of sp³-hybridized carbons (Fsp3) is 0.562. The van der Waals surface area contributed by atoms with Crippen LogP contribution in [0.1, 0.15) is 49.1 Å². The molecular formula is C16H20N2O. The highest BCUT2D eigenvalue weighted by Gasteiger charge is 2.39. The van der Waals surface area contributed by atoms with E-state index in [0.29, 0.717) is 5.92 Å². The van der Waals surface area contributed by atoms with Gasteiger partial charge in [-0.1, -0.05) is 24.3 Å². The Morgan fingerprint density at radius 1 is 1.26 bits per heavy atom. The van der Waals surface area contributed by atoms with E-state index < -0.39 is 0 Å². The normalized spacial score (nSPS) is 22.3. The summed E-state index contributed by atoms with van der Waals surface area (Å²) in [7, 11) is 0. The Kier molecular flexibility index (Phi) is 3.50. The van der Waals surface area contributed by atoms with Crippen LogP contribution in [0.15, 0.2) is 29.3 Å². The molecule has 0 unspecified atom stereocenters. The lowest BCUT2D eigenvalue weighted by Crippen LogP contribution is -2.32. The van der Waals surface area contributed by atoms with E-state index in [-0.39, 0.29) is 5.54 Å². The molecule has 0 atom stereocenters. The van der Waals surface area contributed by atoms with Gasteiger partial charge < -0.3 is 5.32 Å². The van der Waals surface area contributed by atoms with Crippen molar-refractivity contribution >= 4 is 6.08 Å². The number of nitrogens with zero attached hydrogens (tertiary/aromatic N) is 1. The van der Waals surface area contributed by atoms with Gasteiger partial charge in [-0.2, -0.15) is 4.99 Å². The summed E-state index contributed by atoms with van der Waals surface area (Å²) >= 11 is 0. The number of aliphatic imine (C=N–C) groups is 1. The number of hydrogen-bond acceptors (Lipinski definition) is 3. The van der Waals surface area contributed by atoms with Crippen molar-refractivity contribution in [2.45, 2.75) is 43.6 Å². The lowest BCUT2D eigenvalue weighted by atomic mass is 9.71. The first-order valence-electron chi connectivity index (χ1n) is 7.24. The zero-order valence-corrected chi connectivity index (χ0v) is 11.2. The number of nitrogens with one attached hydrogen (secondary N) is 1. The molecule has 1 saturated heterocycles. The summed E-state index contributed by atoms with van der Waals surface area (Å²) in [5.41, 5.74) is 2.36. The van der Waals surface area contributed by atoms with Gasteiger partial charge in [-0.15, -0.1) is 0 Å². The van der Waals surface area contributed by atoms with Crippen LogP contribution in [0.5, 0.6) is 0 Å². The maximum Gasteiger partial charge on any atom is 0.235 e. The predicted octanol–water partition coefficient (Wildman–Crippen LogP) is 2.87. The Bertz CT molecular complexity index is 495. The molecular weight excluding hydrogens is 236 g/mol. The molecule has 3 nitrogen and oxygen atoms in total. The van der Waals surface area contributed by atoms with Crippen LogP contribution in [0, 0.1) is 0 Å². The van der Waals surface area contributed by atoms with Gasteiger partial charge in [0, 0.05) is 0 Å². The monoisotopic (exact) mass is 256 g/mol. The third kappa shape index (κ3) is 2.36. The minimum atomic E-state index is -0.259. The molecule has 2 aliphatic rings. The largest absolute Gasteiger partial charge is 0.317 e. The van der Waals surface area contributed by atoms with E-state index in [4.69, 9.17) is 0 Å². The standard InChI is InChI=1S/C16H20N2O/c19-12-18-16(7-2-8-16)15-4-1-3-14(11-15)13-5-9-17-10-6-13/h1,3-4,11,13,17H,2,5-10H2. The van der Waals surface area contributed by atoms with E-state index in [9.17, 15) is 4.79 Å². The SMILES string of the molecule is O=C=NC1(c2cccc(C3CCNCC3)c2)CCC1. The third-order valence-electron chi connectivity index (χ3n) is 4.67. The molecule has 1 aliphatic carbocycles. The molecule has 1 aromatic carbocycles. The molecule has 0 radical (unpaired) electrons. The Labute approximate surface area is 114 Å². The van der Waals surface area contributed by atoms with Crippen LogP contribution in [-0.2, 0) is 10.3 Å². The fourth-order valence-electron chi connectivity index (χ4n) is 3.30. The minimum absolute atomic E-state index is 0.259. The van der Waals surface area contributed by atoms with E-state index in [1.807, 2.05) is 0 Å². The van der Waals surface area contributed by atoms with E-state index in [1.54, 1.807) is 6.08 Å². The number of hydrogen-bond donors (Lipinski definition) is 1. The Morgan fingerprint density at radius 2 is 2.05 bits per heavy atom. The lowest BCUT2D eigenvalue weighted by molar-refractivity contribution is 0.255. The van der Waals surface area contributed by atoms with Gasteiger partial charge in [0.25, 0.3) is 0 Å². The zero-order chi connectivity index (χ0) is 13.1. The van der Waals surface area contributed by atoms with Crippen LogP contribution in [0.4, 0.5) is 0 Å². The van der Waals surface area contributed by atoms with Gasteiger partial charge in [0.15, 0.2) is 0 Å². The molecule has 0 aromatic heterocycles. The van der Waals surface area contributed by atoms with E-state index in [0.717, 1.165) is 32.4 Å². The van der Waals surface area contributed by atoms with Crippen molar-refractivity contribution in [3.05, 3.63) is 35.4 Å². The fourth-order valence-corrected chi connectivity index (χ4v) is 3.30. The highest BCUT2D eigenvalue weighted by Crippen LogP contribution is 2.45. The van der Waals surface area contributed by atoms with Crippen LogP contribution in [-0.4, -0.2) is 19.2 Å². The zero-order valence-electron chi connectivity index (χ0n) is 11.2. The number of isocyanates is 1. The van der Waals surface area contributed by atoms with Crippen LogP contribution >= 0.6 is 0 Å². The van der Waals surface area contributed by atoms with Gasteiger partial charge in [0.05, 0.1) is 5.54 Å². The molecule has 3 rings (SSSR count). The second-order valence-electron chi connectivity index (χ2n) is 5.74. The average molecular weight is 256 g/mol. The molecule has 1 saturated carbocycles. The van der Waals surface area contributed by atoms with E-state index in [1.165, 1.54) is 24.0 Å². The van der Waals surface area contributed by atoms with Crippen molar-refractivity contribution in [3.63, 3.8) is 0 Å². The Morgan fingerprint density at radius 3 is 2.68 bits per heavy atom. The molecule has 1 N–H and O–H groups in total. The smallest absolute Gasteiger partial charge is 0.235 e. The summed E-state index contributed by atoms with van der Waals surface area (Å²) in [5.74, 6) is 0.651. The van der Waals surface area contributed by atoms with Gasteiger partial charge >= 0.3 is 0 Å². The van der Waals surface area contributed by atoms with Crippen LogP contribution in [0.2, 0.25) is 0 Å². The van der Waals surface area contributed by atoms with Gasteiger partial charge in [-0.05, 0) is 62.2 Å². The summed E-state index contributed by atoms with van der Waals surface area (Å²) in [5, 5.41) is 3.40. The van der Waals surface area contributed by atoms with Crippen LogP contribution in [0.3, 0.4) is 0 Å². The van der Waals surface area contributed by atoms with E-state index >= 15 is 0 Å². The molecule has 0 amide bonds. The maximum absolute atomic E-state index is 10.7. The molecule has 0 spiro atoms. The summed E-state index contributed by atoms with van der Waals surface area (Å²) in [6, 6.07) is 8.73. The van der Waals surface area contributed by atoms with E-state index in [2.05, 4.69) is 34.6 Å². The van der Waals surface area contributed by atoms with Crippen LogP contribution in [0.25, 0.3) is 0 Å². The molecule has 1 aromatic rings. The minimum Gasteiger partial charge on any atom is -0.317 e. The van der Waals surface area contributed by atoms with Crippen molar-refractivity contribution in [1.29, 1.82) is 0 Å². The first-order chi connectivity index (χ1) is 9.34. The number of rotatable bonds is 3. The summed E-state index contributed by atoms with van der Waals surface area (Å²) in [6.45, 7) is 2.21. The lowest BCUT2D eigenvalue weighted by Gasteiger charge is -2.37. The van der Waals surface area contributed by atoms with Gasteiger partial charge in [0.2, 0.25) is 6.08 Å². The van der Waals surface area contributed by atoms with Crippen molar-refractivity contribution in [2.75, 3.05) is 13.1 Å². The van der Waals surface area contributed by atoms with Gasteiger partial charge in [-0.25, -0.2) is 4.79 Å². The second-order valence-corrected chi connectivity index (χ2v) is 5.74. The Hall–Kier alpha value is -1.44. The van der Waals surface area contributed by atoms with Crippen molar-refractivity contribution in [1.82, 2.24) is 5.32 Å². The molecule has 2 fully saturated rings. The number of benzene rings is 1. The highest BCUT2D eigenvalue weighted by atomic mass is 16.1. The molecule has 1 heterocycles. The topological polar surface area (TPSA) is 41.5 Å². The first kappa shape index (κ1) is 12.6. The predicted molar refractivity (Wildman–Crippen MR) is 74.9 cm³/mol. The molecule has 1 aliphatic heterocycles. The Balaban J connectivity index is 1.88. The maximum atomic E-state index is 10.7. The van der Waals surface area contributed by atoms with Gasteiger partial charge in [-0.3, -0.25) is 0 Å². The van der Waals surface area contributed by atoms with Crippen molar-refractivity contribution in [3.8, 4) is 0 Å². The van der Waals surface area contributed by atoms with Gasteiger partial charge in [0.1, 0.15) is 0 Å². The van der Waals surface area contributed by atoms with Crippen LogP contribution < -0.4 is 5.32 Å². The number of carbonyl (C=O) groups excluding carboxylic acids is 1.